The highest BCUT2D eigenvalue weighted by atomic mass is 14.7. The van der Waals surface area contributed by atoms with Gasteiger partial charge in [0.05, 0.1) is 6.54 Å². The molecule has 0 unspecified atom stereocenters. The second kappa shape index (κ2) is 2.89. The highest BCUT2D eigenvalue weighted by molar-refractivity contribution is 5.84. The van der Waals surface area contributed by atoms with E-state index in [1.165, 1.54) is 27.7 Å². The van der Waals surface area contributed by atoms with Crippen LogP contribution in [0.5, 0.6) is 0 Å². The molecule has 2 rings (SSSR count). The van der Waals surface area contributed by atoms with Crippen LogP contribution in [0.25, 0.3) is 10.9 Å². The Morgan fingerprint density at radius 3 is 2.77 bits per heavy atom. The maximum Gasteiger partial charge on any atom is 0.0997 e. The molecule has 2 aromatic rings. The van der Waals surface area contributed by atoms with Gasteiger partial charge in [0.25, 0.3) is 0 Å². The predicted molar refractivity (Wildman–Crippen MR) is 54.4 cm³/mol. The minimum absolute atomic E-state index is 0.861. The molecule has 0 fully saturated rings. The topological polar surface area (TPSA) is 43.4 Å². The zero-order valence-corrected chi connectivity index (χ0v) is 8.15. The Morgan fingerprint density at radius 2 is 2.08 bits per heavy atom. The normalized spacial score (nSPS) is 11.0. The summed E-state index contributed by atoms with van der Waals surface area (Å²) in [7, 11) is 0. The highest BCUT2D eigenvalue weighted by Gasteiger charge is 2.04. The van der Waals surface area contributed by atoms with Gasteiger partial charge in [-0.15, -0.1) is 0 Å². The van der Waals surface area contributed by atoms with Crippen LogP contribution in [-0.4, -0.2) is 4.98 Å². The zero-order chi connectivity index (χ0) is 9.42. The predicted octanol–water partition coefficient (Wildman–Crippen LogP) is 1.53. The summed E-state index contributed by atoms with van der Waals surface area (Å²) in [5.74, 6) is 0. The van der Waals surface area contributed by atoms with Crippen LogP contribution in [0, 0.1) is 13.8 Å². The van der Waals surface area contributed by atoms with E-state index in [1.54, 1.807) is 0 Å². The summed E-state index contributed by atoms with van der Waals surface area (Å²) in [4.78, 5) is 3.36. The highest BCUT2D eigenvalue weighted by Crippen LogP contribution is 2.21. The minimum Gasteiger partial charge on any atom is -0.358 e. The Kier molecular flexibility index (Phi) is 1.85. The summed E-state index contributed by atoms with van der Waals surface area (Å²) in [6, 6.07) is 6.49. The van der Waals surface area contributed by atoms with Crippen LogP contribution in [0.15, 0.2) is 18.2 Å². The van der Waals surface area contributed by atoms with Gasteiger partial charge in [-0.25, -0.2) is 0 Å². The molecule has 0 saturated heterocycles. The molecule has 0 aliphatic heterocycles. The number of hydrogen-bond donors (Lipinski definition) is 2. The molecule has 2 nitrogen and oxygen atoms in total. The minimum atomic E-state index is 0.861. The summed E-state index contributed by atoms with van der Waals surface area (Å²) in [6.07, 6.45) is 0. The molecule has 0 aliphatic rings. The Labute approximate surface area is 77.8 Å². The Balaban J connectivity index is 2.75. The quantitative estimate of drug-likeness (QED) is 0.660. The maximum atomic E-state index is 3.89. The number of fused-ring (bicyclic) bond motifs is 1. The van der Waals surface area contributed by atoms with E-state index in [0.717, 1.165) is 6.54 Å². The average molecular weight is 175 g/mol. The summed E-state index contributed by atoms with van der Waals surface area (Å²) in [5, 5.41) is 1.33. The van der Waals surface area contributed by atoms with Gasteiger partial charge < -0.3 is 10.7 Å². The van der Waals surface area contributed by atoms with Gasteiger partial charge in [0.2, 0.25) is 0 Å². The van der Waals surface area contributed by atoms with E-state index < -0.39 is 0 Å². The summed E-state index contributed by atoms with van der Waals surface area (Å²) in [6.45, 7) is 5.12. The van der Waals surface area contributed by atoms with Crippen LogP contribution in [0.2, 0.25) is 0 Å². The fourth-order valence-electron chi connectivity index (χ4n) is 1.66. The molecule has 68 valence electrons. The second-order valence-electron chi connectivity index (χ2n) is 3.50. The lowest BCUT2D eigenvalue weighted by atomic mass is 10.1. The Morgan fingerprint density at radius 1 is 1.31 bits per heavy atom. The van der Waals surface area contributed by atoms with Gasteiger partial charge in [0.15, 0.2) is 0 Å². The molecule has 0 atom stereocenters. The Hall–Kier alpha value is -1.28. The first-order valence-corrected chi connectivity index (χ1v) is 4.59. The van der Waals surface area contributed by atoms with Crippen LogP contribution in [-0.2, 0) is 6.54 Å². The number of H-pyrrole nitrogens is 1. The molecular weight excluding hydrogens is 160 g/mol. The van der Waals surface area contributed by atoms with Crippen molar-refractivity contribution in [2.45, 2.75) is 20.4 Å². The van der Waals surface area contributed by atoms with Gasteiger partial charge in [-0.1, -0.05) is 6.07 Å². The maximum absolute atomic E-state index is 3.89. The standard InChI is InChI=1S/C11H14N2/c1-7-8(2)13-11-4-3-9(6-12)5-10(7)11/h3-5,13H,6,12H2,1-2H3/p+1. The van der Waals surface area contributed by atoms with Crippen molar-refractivity contribution in [1.82, 2.24) is 4.98 Å². The molecule has 0 saturated carbocycles. The summed E-state index contributed by atoms with van der Waals surface area (Å²) < 4.78 is 0. The van der Waals surface area contributed by atoms with Gasteiger partial charge in [-0.2, -0.15) is 0 Å². The molecule has 1 heterocycles. The lowest BCUT2D eigenvalue weighted by Crippen LogP contribution is -2.47. The third kappa shape index (κ3) is 1.23. The smallest absolute Gasteiger partial charge is 0.0997 e. The molecular formula is C11H15N2+. The van der Waals surface area contributed by atoms with Crippen molar-refractivity contribution in [3.63, 3.8) is 0 Å². The number of quaternary nitrogens is 1. The average Bonchev–Trinajstić information content (AvgIpc) is 2.43. The van der Waals surface area contributed by atoms with E-state index in [0.29, 0.717) is 0 Å². The number of aromatic amines is 1. The molecule has 1 aromatic carbocycles. The fraction of sp³-hybridized carbons (Fsp3) is 0.273. The molecule has 2 heteroatoms. The van der Waals surface area contributed by atoms with Gasteiger partial charge in [0, 0.05) is 22.2 Å². The van der Waals surface area contributed by atoms with E-state index in [9.17, 15) is 0 Å². The molecule has 1 aromatic heterocycles. The number of benzene rings is 1. The van der Waals surface area contributed by atoms with E-state index in [-0.39, 0.29) is 0 Å². The molecule has 0 bridgehead atoms. The van der Waals surface area contributed by atoms with Gasteiger partial charge in [0.1, 0.15) is 0 Å². The van der Waals surface area contributed by atoms with Crippen molar-refractivity contribution in [1.29, 1.82) is 0 Å². The van der Waals surface area contributed by atoms with E-state index in [2.05, 4.69) is 42.8 Å². The van der Waals surface area contributed by atoms with E-state index >= 15 is 0 Å². The van der Waals surface area contributed by atoms with Gasteiger partial charge in [-0.3, -0.25) is 0 Å². The first-order valence-electron chi connectivity index (χ1n) is 4.59. The molecule has 0 radical (unpaired) electrons. The van der Waals surface area contributed by atoms with Gasteiger partial charge in [-0.05, 0) is 31.5 Å². The van der Waals surface area contributed by atoms with Crippen LogP contribution in [0.3, 0.4) is 0 Å². The lowest BCUT2D eigenvalue weighted by molar-refractivity contribution is -0.386. The van der Waals surface area contributed by atoms with Crippen LogP contribution in [0.1, 0.15) is 16.8 Å². The van der Waals surface area contributed by atoms with Crippen molar-refractivity contribution in [3.05, 3.63) is 35.0 Å². The SMILES string of the molecule is Cc1[nH]c2ccc(C[NH3+])cc2c1C. The largest absolute Gasteiger partial charge is 0.358 e. The van der Waals surface area contributed by atoms with Crippen LogP contribution in [0.4, 0.5) is 0 Å². The first-order chi connectivity index (χ1) is 6.22. The summed E-state index contributed by atoms with van der Waals surface area (Å²) in [5.41, 5.74) is 9.03. The number of nitrogens with one attached hydrogen (secondary N) is 1. The lowest BCUT2D eigenvalue weighted by Gasteiger charge is -1.95. The van der Waals surface area contributed by atoms with Crippen LogP contribution < -0.4 is 5.73 Å². The van der Waals surface area contributed by atoms with E-state index in [1.807, 2.05) is 0 Å². The molecule has 13 heavy (non-hydrogen) atoms. The monoisotopic (exact) mass is 175 g/mol. The third-order valence-corrected chi connectivity index (χ3v) is 2.66. The van der Waals surface area contributed by atoms with Gasteiger partial charge >= 0.3 is 0 Å². The number of rotatable bonds is 1. The fourth-order valence-corrected chi connectivity index (χ4v) is 1.66. The zero-order valence-electron chi connectivity index (χ0n) is 8.15. The first kappa shape index (κ1) is 8.32. The number of aromatic nitrogens is 1. The summed E-state index contributed by atoms with van der Waals surface area (Å²) >= 11 is 0. The van der Waals surface area contributed by atoms with Crippen LogP contribution >= 0.6 is 0 Å². The third-order valence-electron chi connectivity index (χ3n) is 2.66. The van der Waals surface area contributed by atoms with Crippen molar-refractivity contribution in [2.24, 2.45) is 0 Å². The number of aryl methyl sites for hydroxylation is 2. The molecule has 0 aliphatic carbocycles. The Bertz CT molecular complexity index is 441. The van der Waals surface area contributed by atoms with Crippen molar-refractivity contribution < 1.29 is 5.73 Å². The molecule has 0 spiro atoms. The van der Waals surface area contributed by atoms with Crippen molar-refractivity contribution in [3.8, 4) is 0 Å². The molecule has 4 N–H and O–H groups in total. The number of hydrogen-bond acceptors (Lipinski definition) is 0. The van der Waals surface area contributed by atoms with E-state index in [4.69, 9.17) is 0 Å². The molecule has 0 amide bonds. The second-order valence-corrected chi connectivity index (χ2v) is 3.50. The van der Waals surface area contributed by atoms with Crippen molar-refractivity contribution >= 4 is 10.9 Å². The van der Waals surface area contributed by atoms with Crippen molar-refractivity contribution in [2.75, 3.05) is 0 Å².